The molecule has 2 rings (SSSR count). The highest BCUT2D eigenvalue weighted by Gasteiger charge is 2.36. The van der Waals surface area contributed by atoms with Gasteiger partial charge in [-0.05, 0) is 38.0 Å². The molecule has 0 aromatic heterocycles. The zero-order chi connectivity index (χ0) is 13.5. The molecule has 1 N–H and O–H groups in total. The maximum Gasteiger partial charge on any atom is 0.309 e. The normalized spacial score (nSPS) is 18.9. The van der Waals surface area contributed by atoms with Gasteiger partial charge < -0.3 is 10.0 Å². The number of carboxylic acids is 1. The van der Waals surface area contributed by atoms with E-state index < -0.39 is 11.4 Å². The molecule has 0 fully saturated rings. The maximum atomic E-state index is 11.3. The fourth-order valence-electron chi connectivity index (χ4n) is 2.65. The number of fused-ring (bicyclic) bond motifs is 1. The van der Waals surface area contributed by atoms with Gasteiger partial charge in [0, 0.05) is 29.7 Å². The number of carbonyl (C=O) groups is 1. The van der Waals surface area contributed by atoms with Crippen LogP contribution in [0.15, 0.2) is 22.7 Å². The minimum absolute atomic E-state index is 0.270. The first kappa shape index (κ1) is 13.4. The lowest BCUT2D eigenvalue weighted by Gasteiger charge is -2.24. The Balaban J connectivity index is 2.32. The molecule has 4 heteroatoms. The van der Waals surface area contributed by atoms with Gasteiger partial charge in [-0.3, -0.25) is 4.79 Å². The molecule has 1 aromatic carbocycles. The molecular formula is C14H18BrNO2. The topological polar surface area (TPSA) is 40.5 Å². The Kier molecular flexibility index (Phi) is 3.41. The second kappa shape index (κ2) is 4.57. The minimum Gasteiger partial charge on any atom is -0.481 e. The molecule has 1 heterocycles. The molecule has 0 saturated heterocycles. The van der Waals surface area contributed by atoms with Gasteiger partial charge in [0.25, 0.3) is 0 Å². The van der Waals surface area contributed by atoms with E-state index in [1.807, 2.05) is 12.1 Å². The summed E-state index contributed by atoms with van der Waals surface area (Å²) < 4.78 is 1.08. The van der Waals surface area contributed by atoms with Crippen LogP contribution in [-0.2, 0) is 4.79 Å². The van der Waals surface area contributed by atoms with Gasteiger partial charge in [0.15, 0.2) is 0 Å². The number of likely N-dealkylation sites (N-methyl/N-ethyl adjacent to an activating group) is 1. The van der Waals surface area contributed by atoms with Crippen molar-refractivity contribution in [2.75, 3.05) is 18.5 Å². The number of hydrogen-bond donors (Lipinski definition) is 1. The van der Waals surface area contributed by atoms with E-state index in [0.717, 1.165) is 11.0 Å². The van der Waals surface area contributed by atoms with Crippen molar-refractivity contribution in [2.45, 2.75) is 26.2 Å². The fraction of sp³-hybridized carbons (Fsp3) is 0.500. The van der Waals surface area contributed by atoms with Crippen LogP contribution in [0.25, 0.3) is 0 Å². The molecule has 18 heavy (non-hydrogen) atoms. The average molecular weight is 312 g/mol. The Hall–Kier alpha value is -1.03. The molecule has 1 aromatic rings. The number of aliphatic carboxylic acids is 1. The van der Waals surface area contributed by atoms with Crippen LogP contribution in [0.5, 0.6) is 0 Å². The molecule has 1 unspecified atom stereocenters. The molecule has 98 valence electrons. The van der Waals surface area contributed by atoms with E-state index in [-0.39, 0.29) is 5.92 Å². The Morgan fingerprint density at radius 3 is 2.83 bits per heavy atom. The number of benzene rings is 1. The smallest absolute Gasteiger partial charge is 0.309 e. The minimum atomic E-state index is -0.731. The maximum absolute atomic E-state index is 11.3. The molecule has 0 bridgehead atoms. The fourth-order valence-corrected chi connectivity index (χ4v) is 3.33. The van der Waals surface area contributed by atoms with Gasteiger partial charge in [-0.25, -0.2) is 0 Å². The van der Waals surface area contributed by atoms with E-state index in [4.69, 9.17) is 0 Å². The van der Waals surface area contributed by atoms with Crippen LogP contribution in [0, 0.1) is 5.41 Å². The standard InChI is InChI=1S/C14H18BrNO2/c1-14(2,13(17)18)7-9-8-16(3)11-6-4-5-10(15)12(9)11/h4-6,9H,7-8H2,1-3H3,(H,17,18). The van der Waals surface area contributed by atoms with E-state index >= 15 is 0 Å². The first-order valence-electron chi connectivity index (χ1n) is 6.06. The molecule has 1 aliphatic rings. The van der Waals surface area contributed by atoms with Crippen LogP contribution in [0.4, 0.5) is 5.69 Å². The van der Waals surface area contributed by atoms with Crippen LogP contribution < -0.4 is 4.90 Å². The number of nitrogens with zero attached hydrogens (tertiary/aromatic N) is 1. The lowest BCUT2D eigenvalue weighted by atomic mass is 9.81. The predicted octanol–water partition coefficient (Wildman–Crippen LogP) is 3.48. The summed E-state index contributed by atoms with van der Waals surface area (Å²) in [7, 11) is 2.05. The molecule has 0 spiro atoms. The van der Waals surface area contributed by atoms with E-state index in [1.54, 1.807) is 13.8 Å². The van der Waals surface area contributed by atoms with Gasteiger partial charge in [-0.1, -0.05) is 22.0 Å². The van der Waals surface area contributed by atoms with Crippen molar-refractivity contribution in [3.8, 4) is 0 Å². The Morgan fingerprint density at radius 2 is 2.22 bits per heavy atom. The molecular weight excluding hydrogens is 294 g/mol. The molecule has 1 atom stereocenters. The number of anilines is 1. The van der Waals surface area contributed by atoms with Gasteiger partial charge in [0.1, 0.15) is 0 Å². The van der Waals surface area contributed by atoms with Crippen molar-refractivity contribution in [3.05, 3.63) is 28.2 Å². The number of rotatable bonds is 3. The number of hydrogen-bond acceptors (Lipinski definition) is 2. The van der Waals surface area contributed by atoms with Gasteiger partial charge in [-0.15, -0.1) is 0 Å². The first-order valence-corrected chi connectivity index (χ1v) is 6.85. The van der Waals surface area contributed by atoms with Crippen molar-refractivity contribution in [1.29, 1.82) is 0 Å². The van der Waals surface area contributed by atoms with E-state index in [2.05, 4.69) is 33.9 Å². The summed E-state index contributed by atoms with van der Waals surface area (Å²) in [5, 5.41) is 9.26. The average Bonchev–Trinajstić information content (AvgIpc) is 2.56. The van der Waals surface area contributed by atoms with Crippen molar-refractivity contribution in [2.24, 2.45) is 5.41 Å². The van der Waals surface area contributed by atoms with Crippen LogP contribution in [0.3, 0.4) is 0 Å². The second-order valence-electron chi connectivity index (χ2n) is 5.64. The van der Waals surface area contributed by atoms with Gasteiger partial charge >= 0.3 is 5.97 Å². The summed E-state index contributed by atoms with van der Waals surface area (Å²) in [5.41, 5.74) is 1.76. The summed E-state index contributed by atoms with van der Waals surface area (Å²) in [6.07, 6.45) is 0.655. The summed E-state index contributed by atoms with van der Waals surface area (Å²) >= 11 is 3.59. The summed E-state index contributed by atoms with van der Waals surface area (Å²) in [6.45, 7) is 4.48. The third kappa shape index (κ3) is 2.26. The SMILES string of the molecule is CN1CC(CC(C)(C)C(=O)O)c2c(Br)cccc21. The Labute approximate surface area is 116 Å². The summed E-state index contributed by atoms with van der Waals surface area (Å²) in [6, 6.07) is 6.14. The van der Waals surface area contributed by atoms with Crippen LogP contribution in [-0.4, -0.2) is 24.7 Å². The quantitative estimate of drug-likeness (QED) is 0.929. The molecule has 0 aliphatic carbocycles. The Morgan fingerprint density at radius 1 is 1.56 bits per heavy atom. The van der Waals surface area contributed by atoms with Crippen LogP contribution in [0.2, 0.25) is 0 Å². The molecule has 0 saturated carbocycles. The molecule has 0 amide bonds. The number of carboxylic acid groups (broad SMARTS) is 1. The highest BCUT2D eigenvalue weighted by atomic mass is 79.9. The lowest BCUT2D eigenvalue weighted by Crippen LogP contribution is -2.27. The third-order valence-corrected chi connectivity index (χ3v) is 4.37. The highest BCUT2D eigenvalue weighted by Crippen LogP contribution is 2.44. The van der Waals surface area contributed by atoms with E-state index in [0.29, 0.717) is 6.42 Å². The molecule has 0 radical (unpaired) electrons. The van der Waals surface area contributed by atoms with E-state index in [9.17, 15) is 9.90 Å². The zero-order valence-electron chi connectivity index (χ0n) is 10.9. The third-order valence-electron chi connectivity index (χ3n) is 3.68. The summed E-state index contributed by atoms with van der Waals surface area (Å²) in [4.78, 5) is 13.5. The van der Waals surface area contributed by atoms with Crippen LogP contribution in [0.1, 0.15) is 31.7 Å². The zero-order valence-corrected chi connectivity index (χ0v) is 12.5. The van der Waals surface area contributed by atoms with Crippen molar-refractivity contribution < 1.29 is 9.90 Å². The predicted molar refractivity (Wildman–Crippen MR) is 76.2 cm³/mol. The van der Waals surface area contributed by atoms with Gasteiger partial charge in [0.2, 0.25) is 0 Å². The van der Waals surface area contributed by atoms with Crippen molar-refractivity contribution in [3.63, 3.8) is 0 Å². The van der Waals surface area contributed by atoms with E-state index in [1.165, 1.54) is 11.3 Å². The monoisotopic (exact) mass is 311 g/mol. The first-order chi connectivity index (χ1) is 8.33. The molecule has 1 aliphatic heterocycles. The number of halogens is 1. The second-order valence-corrected chi connectivity index (χ2v) is 6.50. The largest absolute Gasteiger partial charge is 0.481 e. The van der Waals surface area contributed by atoms with Crippen molar-refractivity contribution in [1.82, 2.24) is 0 Å². The Bertz CT molecular complexity index is 485. The lowest BCUT2D eigenvalue weighted by molar-refractivity contribution is -0.147. The van der Waals surface area contributed by atoms with Gasteiger partial charge in [0.05, 0.1) is 5.41 Å². The highest BCUT2D eigenvalue weighted by molar-refractivity contribution is 9.10. The van der Waals surface area contributed by atoms with Gasteiger partial charge in [-0.2, -0.15) is 0 Å². The summed E-state index contributed by atoms with van der Waals surface area (Å²) in [5.74, 6) is -0.461. The van der Waals surface area contributed by atoms with Crippen molar-refractivity contribution >= 4 is 27.6 Å². The van der Waals surface area contributed by atoms with Crippen LogP contribution >= 0.6 is 15.9 Å². The molecule has 3 nitrogen and oxygen atoms in total.